The number of nitrogens with zero attached hydrogens (tertiary/aromatic N) is 3. The normalized spacial score (nSPS) is 11.4. The first-order valence-electron chi connectivity index (χ1n) is 6.16. The van der Waals surface area contributed by atoms with Crippen molar-refractivity contribution >= 4 is 27.3 Å². The molecule has 6 heteroatoms. The number of hydrogen-bond donors (Lipinski definition) is 1. The number of aromatic amines is 1. The second-order valence-corrected chi connectivity index (χ2v) is 5.41. The fourth-order valence-electron chi connectivity index (χ4n) is 2.35. The number of nitrogens with one attached hydrogen (secondary N) is 1. The Kier molecular flexibility index (Phi) is 2.28. The van der Waals surface area contributed by atoms with E-state index in [9.17, 15) is 4.79 Å². The third-order valence-corrected chi connectivity index (χ3v) is 4.15. The maximum absolute atomic E-state index is 12.7. The number of H-pyrrole nitrogens is 1. The molecule has 98 valence electrons. The molecule has 0 spiro atoms. The van der Waals surface area contributed by atoms with E-state index in [2.05, 4.69) is 15.2 Å². The van der Waals surface area contributed by atoms with Gasteiger partial charge in [-0.25, -0.2) is 0 Å². The number of benzene rings is 1. The number of hydrogen-bond acceptors (Lipinski definition) is 4. The van der Waals surface area contributed by atoms with E-state index in [1.165, 1.54) is 11.3 Å². The Labute approximate surface area is 117 Å². The molecule has 0 bridgehead atoms. The summed E-state index contributed by atoms with van der Waals surface area (Å²) in [6, 6.07) is 9.84. The molecule has 3 aromatic heterocycles. The largest absolute Gasteiger partial charge is 0.280 e. The molecule has 0 saturated carbocycles. The minimum Gasteiger partial charge on any atom is -0.280 e. The van der Waals surface area contributed by atoms with Gasteiger partial charge in [-0.15, -0.1) is 11.3 Å². The van der Waals surface area contributed by atoms with Crippen LogP contribution in [0.25, 0.3) is 27.3 Å². The van der Waals surface area contributed by atoms with Gasteiger partial charge < -0.3 is 0 Å². The van der Waals surface area contributed by atoms with Gasteiger partial charge in [0.2, 0.25) is 0 Å². The Bertz CT molecular complexity index is 981. The van der Waals surface area contributed by atoms with E-state index in [0.717, 1.165) is 17.0 Å². The highest BCUT2D eigenvalue weighted by Gasteiger charge is 2.15. The van der Waals surface area contributed by atoms with E-state index in [1.807, 2.05) is 42.6 Å². The van der Waals surface area contributed by atoms with Crippen molar-refractivity contribution in [3.8, 4) is 11.3 Å². The molecule has 0 fully saturated rings. The minimum absolute atomic E-state index is 0.0728. The number of thiazole rings is 1. The van der Waals surface area contributed by atoms with Crippen molar-refractivity contribution in [1.29, 1.82) is 0 Å². The summed E-state index contributed by atoms with van der Waals surface area (Å²) in [5.41, 5.74) is 3.02. The smallest absolute Gasteiger partial charge is 0.270 e. The van der Waals surface area contributed by atoms with Gasteiger partial charge in [0, 0.05) is 11.1 Å². The Morgan fingerprint density at radius 1 is 1.25 bits per heavy atom. The van der Waals surface area contributed by atoms with E-state index >= 15 is 0 Å². The molecule has 0 aliphatic rings. The zero-order valence-corrected chi connectivity index (χ0v) is 11.4. The van der Waals surface area contributed by atoms with E-state index in [-0.39, 0.29) is 5.56 Å². The van der Waals surface area contributed by atoms with Crippen LogP contribution >= 0.6 is 11.3 Å². The van der Waals surface area contributed by atoms with Crippen molar-refractivity contribution in [1.82, 2.24) is 19.6 Å². The van der Waals surface area contributed by atoms with E-state index in [4.69, 9.17) is 0 Å². The summed E-state index contributed by atoms with van der Waals surface area (Å²) in [6.45, 7) is 1.83. The van der Waals surface area contributed by atoms with Crippen molar-refractivity contribution in [3.63, 3.8) is 0 Å². The lowest BCUT2D eigenvalue weighted by Gasteiger charge is -2.01. The predicted octanol–water partition coefficient (Wildman–Crippen LogP) is 2.61. The summed E-state index contributed by atoms with van der Waals surface area (Å²) in [6.07, 6.45) is 0. The Morgan fingerprint density at radius 3 is 2.85 bits per heavy atom. The molecule has 5 nitrogen and oxygen atoms in total. The second kappa shape index (κ2) is 4.01. The highest BCUT2D eigenvalue weighted by Crippen LogP contribution is 2.24. The summed E-state index contributed by atoms with van der Waals surface area (Å²) in [5, 5.41) is 9.40. The number of aromatic nitrogens is 4. The van der Waals surface area contributed by atoms with Crippen LogP contribution in [-0.4, -0.2) is 19.6 Å². The Morgan fingerprint density at radius 2 is 2.05 bits per heavy atom. The van der Waals surface area contributed by atoms with Gasteiger partial charge in [0.25, 0.3) is 5.56 Å². The van der Waals surface area contributed by atoms with E-state index in [1.54, 1.807) is 4.40 Å². The summed E-state index contributed by atoms with van der Waals surface area (Å²) in [4.78, 5) is 17.8. The molecule has 4 rings (SSSR count). The molecule has 0 atom stereocenters. The standard InChI is InChI=1S/C14H10N4OS/c1-8-11-12(17-16-8)15-14-18(13(11)19)10(7-20-14)9-5-3-2-4-6-9/h2-7H,1H3,(H,16,17). The monoisotopic (exact) mass is 282 g/mol. The van der Waals surface area contributed by atoms with Crippen molar-refractivity contribution in [3.05, 3.63) is 51.8 Å². The first-order valence-corrected chi connectivity index (χ1v) is 7.04. The Balaban J connectivity index is 2.17. The van der Waals surface area contributed by atoms with Gasteiger partial charge in [-0.1, -0.05) is 30.3 Å². The first-order chi connectivity index (χ1) is 9.75. The van der Waals surface area contributed by atoms with Gasteiger partial charge in [0.15, 0.2) is 10.6 Å². The van der Waals surface area contributed by atoms with Gasteiger partial charge >= 0.3 is 0 Å². The first kappa shape index (κ1) is 11.4. The highest BCUT2D eigenvalue weighted by atomic mass is 32.1. The maximum atomic E-state index is 12.7. The van der Waals surface area contributed by atoms with Gasteiger partial charge in [0.1, 0.15) is 5.39 Å². The van der Waals surface area contributed by atoms with E-state index in [0.29, 0.717) is 16.0 Å². The summed E-state index contributed by atoms with van der Waals surface area (Å²) in [5.74, 6) is 0. The third kappa shape index (κ3) is 1.45. The van der Waals surface area contributed by atoms with Crippen molar-refractivity contribution in [2.24, 2.45) is 0 Å². The molecular formula is C14H10N4OS. The molecular weight excluding hydrogens is 272 g/mol. The van der Waals surface area contributed by atoms with Crippen LogP contribution in [0.3, 0.4) is 0 Å². The van der Waals surface area contributed by atoms with Crippen LogP contribution in [0.15, 0.2) is 40.5 Å². The molecule has 0 saturated heterocycles. The molecule has 4 aromatic rings. The maximum Gasteiger partial charge on any atom is 0.270 e. The SMILES string of the molecule is Cc1[nH]nc2nc3scc(-c4ccccc4)n3c(=O)c12. The van der Waals surface area contributed by atoms with Crippen LogP contribution in [0.5, 0.6) is 0 Å². The van der Waals surface area contributed by atoms with Crippen LogP contribution in [0.4, 0.5) is 0 Å². The van der Waals surface area contributed by atoms with Crippen LogP contribution in [-0.2, 0) is 0 Å². The average Bonchev–Trinajstić information content (AvgIpc) is 3.05. The fourth-order valence-corrected chi connectivity index (χ4v) is 3.24. The zero-order valence-electron chi connectivity index (χ0n) is 10.6. The molecule has 1 aromatic carbocycles. The number of fused-ring (bicyclic) bond motifs is 2. The lowest BCUT2D eigenvalue weighted by Crippen LogP contribution is -2.14. The highest BCUT2D eigenvalue weighted by molar-refractivity contribution is 7.15. The molecule has 3 heterocycles. The van der Waals surface area contributed by atoms with Gasteiger partial charge in [0.05, 0.1) is 5.69 Å². The van der Waals surface area contributed by atoms with Crippen LogP contribution in [0.2, 0.25) is 0 Å². The van der Waals surface area contributed by atoms with Crippen molar-refractivity contribution in [2.45, 2.75) is 6.92 Å². The lowest BCUT2D eigenvalue weighted by atomic mass is 10.2. The van der Waals surface area contributed by atoms with Gasteiger partial charge in [-0.3, -0.25) is 14.3 Å². The topological polar surface area (TPSA) is 63.1 Å². The minimum atomic E-state index is -0.0728. The molecule has 0 aliphatic carbocycles. The number of aryl methyl sites for hydroxylation is 1. The molecule has 0 amide bonds. The third-order valence-electron chi connectivity index (χ3n) is 3.32. The lowest BCUT2D eigenvalue weighted by molar-refractivity contribution is 1.06. The average molecular weight is 282 g/mol. The fraction of sp³-hybridized carbons (Fsp3) is 0.0714. The molecule has 0 radical (unpaired) electrons. The summed E-state index contributed by atoms with van der Waals surface area (Å²) in [7, 11) is 0. The van der Waals surface area contributed by atoms with Crippen molar-refractivity contribution < 1.29 is 0 Å². The quantitative estimate of drug-likeness (QED) is 0.583. The Hall–Kier alpha value is -2.47. The second-order valence-electron chi connectivity index (χ2n) is 4.57. The molecule has 0 aliphatic heterocycles. The molecule has 1 N–H and O–H groups in total. The predicted molar refractivity (Wildman–Crippen MR) is 79.2 cm³/mol. The zero-order chi connectivity index (χ0) is 13.7. The van der Waals surface area contributed by atoms with Crippen LogP contribution in [0, 0.1) is 6.92 Å². The molecule has 20 heavy (non-hydrogen) atoms. The van der Waals surface area contributed by atoms with Crippen LogP contribution in [0.1, 0.15) is 5.69 Å². The van der Waals surface area contributed by atoms with Crippen molar-refractivity contribution in [2.75, 3.05) is 0 Å². The van der Waals surface area contributed by atoms with Gasteiger partial charge in [-0.2, -0.15) is 10.1 Å². The summed E-state index contributed by atoms with van der Waals surface area (Å²) < 4.78 is 1.66. The van der Waals surface area contributed by atoms with Crippen LogP contribution < -0.4 is 5.56 Å². The number of rotatable bonds is 1. The molecule has 0 unspecified atom stereocenters. The van der Waals surface area contributed by atoms with E-state index < -0.39 is 0 Å². The van der Waals surface area contributed by atoms with Gasteiger partial charge in [-0.05, 0) is 12.5 Å². The summed E-state index contributed by atoms with van der Waals surface area (Å²) >= 11 is 1.45.